The van der Waals surface area contributed by atoms with Gasteiger partial charge in [-0.1, -0.05) is 32.9 Å². The summed E-state index contributed by atoms with van der Waals surface area (Å²) in [5.41, 5.74) is 1.83. The molecule has 6 heteroatoms. The van der Waals surface area contributed by atoms with Crippen molar-refractivity contribution in [3.8, 4) is 0 Å². The van der Waals surface area contributed by atoms with E-state index in [1.165, 1.54) is 0 Å². The Hall–Kier alpha value is -1.66. The third-order valence-electron chi connectivity index (χ3n) is 3.35. The van der Waals surface area contributed by atoms with E-state index in [1.807, 2.05) is 12.1 Å². The van der Waals surface area contributed by atoms with E-state index in [0.29, 0.717) is 0 Å². The molecule has 0 unspecified atom stereocenters. The number of H-pyrrole nitrogens is 1. The summed E-state index contributed by atoms with van der Waals surface area (Å²) in [5.74, 6) is 0. The van der Waals surface area contributed by atoms with Gasteiger partial charge >= 0.3 is 0 Å². The first-order valence-corrected chi connectivity index (χ1v) is 8.30. The molecule has 0 saturated heterocycles. The molecule has 5 nitrogen and oxygen atoms in total. The Morgan fingerprint density at radius 1 is 1.14 bits per heavy atom. The maximum absolute atomic E-state index is 12.4. The number of benzene rings is 1. The fourth-order valence-corrected chi connectivity index (χ4v) is 3.23. The molecule has 0 saturated carbocycles. The third kappa shape index (κ3) is 3.71. The summed E-state index contributed by atoms with van der Waals surface area (Å²) in [4.78, 5) is 0.266. The molecule has 0 amide bonds. The molecule has 0 aliphatic rings. The van der Waals surface area contributed by atoms with Gasteiger partial charge in [-0.15, -0.1) is 0 Å². The summed E-state index contributed by atoms with van der Waals surface area (Å²) in [5, 5.41) is 6.59. The predicted molar refractivity (Wildman–Crippen MR) is 82.5 cm³/mol. The zero-order valence-corrected chi connectivity index (χ0v) is 13.5. The molecule has 1 atom stereocenters. The topological polar surface area (TPSA) is 74.8 Å². The van der Waals surface area contributed by atoms with E-state index in [9.17, 15) is 8.42 Å². The Kier molecular flexibility index (Phi) is 4.20. The Labute approximate surface area is 125 Å². The second-order valence-electron chi connectivity index (χ2n) is 6.13. The van der Waals surface area contributed by atoms with Crippen LogP contribution in [-0.4, -0.2) is 18.6 Å². The SMILES string of the molecule is C[C@@H](NS(=O)(=O)c1ccc(C(C)(C)C)cc1)c1ccn[nH]1. The van der Waals surface area contributed by atoms with Gasteiger partial charge in [0.05, 0.1) is 16.6 Å². The summed E-state index contributed by atoms with van der Waals surface area (Å²) in [7, 11) is -3.55. The second kappa shape index (κ2) is 5.61. The first-order chi connectivity index (χ1) is 9.70. The molecule has 2 aromatic rings. The molecule has 2 rings (SSSR count). The Morgan fingerprint density at radius 3 is 2.24 bits per heavy atom. The lowest BCUT2D eigenvalue weighted by atomic mass is 9.87. The summed E-state index contributed by atoms with van der Waals surface area (Å²) in [6.45, 7) is 8.05. The lowest BCUT2D eigenvalue weighted by molar-refractivity contribution is 0.562. The number of aromatic amines is 1. The molecule has 1 heterocycles. The van der Waals surface area contributed by atoms with Gasteiger partial charge in [0.1, 0.15) is 0 Å². The highest BCUT2D eigenvalue weighted by molar-refractivity contribution is 7.89. The van der Waals surface area contributed by atoms with E-state index in [1.54, 1.807) is 31.3 Å². The zero-order chi connectivity index (χ0) is 15.7. The maximum atomic E-state index is 12.4. The van der Waals surface area contributed by atoms with Crippen LogP contribution >= 0.6 is 0 Å². The van der Waals surface area contributed by atoms with Crippen LogP contribution in [0.25, 0.3) is 0 Å². The van der Waals surface area contributed by atoms with Gasteiger partial charge in [0.25, 0.3) is 0 Å². The van der Waals surface area contributed by atoms with Gasteiger partial charge < -0.3 is 0 Å². The van der Waals surface area contributed by atoms with Crippen molar-refractivity contribution in [3.63, 3.8) is 0 Å². The van der Waals surface area contributed by atoms with Gasteiger partial charge in [-0.3, -0.25) is 5.10 Å². The van der Waals surface area contributed by atoms with Crippen LogP contribution in [-0.2, 0) is 15.4 Å². The monoisotopic (exact) mass is 307 g/mol. The van der Waals surface area contributed by atoms with Crippen molar-refractivity contribution in [1.29, 1.82) is 0 Å². The van der Waals surface area contributed by atoms with Crippen molar-refractivity contribution in [2.24, 2.45) is 0 Å². The van der Waals surface area contributed by atoms with Crippen LogP contribution in [0.4, 0.5) is 0 Å². The lowest BCUT2D eigenvalue weighted by Crippen LogP contribution is -2.27. The molecule has 2 N–H and O–H groups in total. The fraction of sp³-hybridized carbons (Fsp3) is 0.400. The van der Waals surface area contributed by atoms with E-state index < -0.39 is 10.0 Å². The van der Waals surface area contributed by atoms with Crippen molar-refractivity contribution in [2.75, 3.05) is 0 Å². The van der Waals surface area contributed by atoms with Crippen LogP contribution in [0, 0.1) is 0 Å². The van der Waals surface area contributed by atoms with Crippen LogP contribution in [0.5, 0.6) is 0 Å². The average Bonchev–Trinajstić information content (AvgIpc) is 2.91. The second-order valence-corrected chi connectivity index (χ2v) is 7.84. The van der Waals surface area contributed by atoms with Gasteiger partial charge in [0.15, 0.2) is 0 Å². The summed E-state index contributed by atoms with van der Waals surface area (Å²) in [6.07, 6.45) is 1.60. The zero-order valence-electron chi connectivity index (χ0n) is 12.7. The van der Waals surface area contributed by atoms with Crippen LogP contribution in [0.15, 0.2) is 41.4 Å². The van der Waals surface area contributed by atoms with Crippen molar-refractivity contribution < 1.29 is 8.42 Å². The van der Waals surface area contributed by atoms with Gasteiger partial charge in [-0.05, 0) is 36.1 Å². The van der Waals surface area contributed by atoms with E-state index in [-0.39, 0.29) is 16.4 Å². The van der Waals surface area contributed by atoms with Crippen molar-refractivity contribution >= 4 is 10.0 Å². The molecule has 0 fully saturated rings. The fourth-order valence-electron chi connectivity index (χ4n) is 2.01. The number of sulfonamides is 1. The molecule has 0 radical (unpaired) electrons. The van der Waals surface area contributed by atoms with E-state index in [4.69, 9.17) is 0 Å². The maximum Gasteiger partial charge on any atom is 0.241 e. The number of hydrogen-bond acceptors (Lipinski definition) is 3. The minimum Gasteiger partial charge on any atom is -0.281 e. The average molecular weight is 307 g/mol. The molecule has 0 spiro atoms. The quantitative estimate of drug-likeness (QED) is 0.912. The van der Waals surface area contributed by atoms with Crippen LogP contribution in [0.3, 0.4) is 0 Å². The molecule has 1 aromatic carbocycles. The van der Waals surface area contributed by atoms with E-state index >= 15 is 0 Å². The summed E-state index contributed by atoms with van der Waals surface area (Å²) >= 11 is 0. The van der Waals surface area contributed by atoms with Crippen molar-refractivity contribution in [2.45, 2.75) is 44.0 Å². The summed E-state index contributed by atoms with van der Waals surface area (Å²) in [6, 6.07) is 8.38. The standard InChI is InChI=1S/C15H21N3O2S/c1-11(14-9-10-16-17-14)18-21(19,20)13-7-5-12(6-8-13)15(2,3)4/h5-11,18H,1-4H3,(H,16,17)/t11-/m1/s1. The first kappa shape index (κ1) is 15.7. The highest BCUT2D eigenvalue weighted by Crippen LogP contribution is 2.24. The van der Waals surface area contributed by atoms with Gasteiger partial charge in [-0.2, -0.15) is 5.10 Å². The van der Waals surface area contributed by atoms with Crippen LogP contribution < -0.4 is 4.72 Å². The molecule has 21 heavy (non-hydrogen) atoms. The minimum absolute atomic E-state index is 0.00106. The lowest BCUT2D eigenvalue weighted by Gasteiger charge is -2.19. The largest absolute Gasteiger partial charge is 0.281 e. The first-order valence-electron chi connectivity index (χ1n) is 6.82. The third-order valence-corrected chi connectivity index (χ3v) is 4.91. The Bertz CT molecular complexity index is 684. The molecule has 0 aliphatic heterocycles. The molecule has 114 valence electrons. The number of nitrogens with zero attached hydrogens (tertiary/aromatic N) is 1. The molecule has 1 aromatic heterocycles. The Balaban J connectivity index is 2.20. The number of hydrogen-bond donors (Lipinski definition) is 2. The van der Waals surface area contributed by atoms with E-state index in [0.717, 1.165) is 11.3 Å². The number of nitrogens with one attached hydrogen (secondary N) is 2. The number of aromatic nitrogens is 2. The van der Waals surface area contributed by atoms with Crippen LogP contribution in [0.1, 0.15) is 45.0 Å². The van der Waals surface area contributed by atoms with Gasteiger partial charge in [-0.25, -0.2) is 13.1 Å². The molecule has 0 aliphatic carbocycles. The minimum atomic E-state index is -3.55. The van der Waals surface area contributed by atoms with Gasteiger partial charge in [0.2, 0.25) is 10.0 Å². The molecule has 0 bridgehead atoms. The van der Waals surface area contributed by atoms with Crippen molar-refractivity contribution in [1.82, 2.24) is 14.9 Å². The Morgan fingerprint density at radius 2 is 1.76 bits per heavy atom. The van der Waals surface area contributed by atoms with Crippen molar-refractivity contribution in [3.05, 3.63) is 47.8 Å². The van der Waals surface area contributed by atoms with Crippen LogP contribution in [0.2, 0.25) is 0 Å². The predicted octanol–water partition coefficient (Wildman–Crippen LogP) is 2.75. The highest BCUT2D eigenvalue weighted by atomic mass is 32.2. The number of rotatable bonds is 4. The normalized spacial score (nSPS) is 14.1. The summed E-state index contributed by atoms with van der Waals surface area (Å²) < 4.78 is 27.3. The molecular weight excluding hydrogens is 286 g/mol. The molecular formula is C15H21N3O2S. The van der Waals surface area contributed by atoms with E-state index in [2.05, 4.69) is 35.7 Å². The smallest absolute Gasteiger partial charge is 0.241 e. The highest BCUT2D eigenvalue weighted by Gasteiger charge is 2.20. The van der Waals surface area contributed by atoms with Gasteiger partial charge in [0, 0.05) is 6.20 Å².